The molecule has 1 aromatic carbocycles. The average molecular weight is 545 g/mol. The Balaban J connectivity index is 2.14. The maximum absolute atomic E-state index is 13.3. The molecule has 12 nitrogen and oxygen atoms in total. The molecule has 39 heavy (non-hydrogen) atoms. The van der Waals surface area contributed by atoms with Crippen LogP contribution in [0.25, 0.3) is 10.9 Å². The molecule has 0 saturated carbocycles. The van der Waals surface area contributed by atoms with Gasteiger partial charge in [-0.05, 0) is 42.7 Å². The molecule has 0 aliphatic heterocycles. The fourth-order valence-corrected chi connectivity index (χ4v) is 4.26. The number of nitrogens with two attached hydrogens (primary N) is 2. The molecule has 0 saturated heterocycles. The molecule has 4 unspecified atom stereocenters. The van der Waals surface area contributed by atoms with Gasteiger partial charge in [-0.1, -0.05) is 45.9 Å². The second-order valence-electron chi connectivity index (χ2n) is 10.6. The highest BCUT2D eigenvalue weighted by molar-refractivity contribution is 5.95. The van der Waals surface area contributed by atoms with Crippen LogP contribution in [0.5, 0.6) is 0 Å². The van der Waals surface area contributed by atoms with Crippen molar-refractivity contribution in [3.63, 3.8) is 0 Å². The van der Waals surface area contributed by atoms with E-state index >= 15 is 0 Å². The van der Waals surface area contributed by atoms with Gasteiger partial charge in [-0.25, -0.2) is 4.79 Å². The number of H-pyrrole nitrogens is 1. The third-order valence-electron chi connectivity index (χ3n) is 6.15. The van der Waals surface area contributed by atoms with Crippen molar-refractivity contribution < 1.29 is 29.1 Å². The topological polar surface area (TPSA) is 209 Å². The molecule has 2 aromatic rings. The Morgan fingerprint density at radius 1 is 0.846 bits per heavy atom. The van der Waals surface area contributed by atoms with Crippen LogP contribution in [0.2, 0.25) is 0 Å². The molecule has 214 valence electrons. The third-order valence-corrected chi connectivity index (χ3v) is 6.15. The van der Waals surface area contributed by atoms with E-state index < -0.39 is 60.2 Å². The molecule has 4 amide bonds. The van der Waals surface area contributed by atoms with Crippen LogP contribution in [0, 0.1) is 11.8 Å². The van der Waals surface area contributed by atoms with Crippen LogP contribution in [-0.4, -0.2) is 63.9 Å². The van der Waals surface area contributed by atoms with Gasteiger partial charge in [0.1, 0.15) is 18.1 Å². The lowest BCUT2D eigenvalue weighted by atomic mass is 9.99. The van der Waals surface area contributed by atoms with Crippen molar-refractivity contribution >= 4 is 40.5 Å². The summed E-state index contributed by atoms with van der Waals surface area (Å²) in [5.74, 6) is -4.21. The van der Waals surface area contributed by atoms with E-state index in [0.29, 0.717) is 0 Å². The minimum absolute atomic E-state index is 0.0234. The molecular formula is C27H40N6O6. The quantitative estimate of drug-likeness (QED) is 0.169. The number of hydrogen-bond donors (Lipinski definition) is 7. The number of hydrogen-bond acceptors (Lipinski definition) is 6. The average Bonchev–Trinajstić information content (AvgIpc) is 3.24. The van der Waals surface area contributed by atoms with Gasteiger partial charge < -0.3 is 37.5 Å². The van der Waals surface area contributed by atoms with Gasteiger partial charge >= 0.3 is 5.97 Å². The first-order chi connectivity index (χ1) is 18.3. The fourth-order valence-electron chi connectivity index (χ4n) is 4.26. The molecule has 0 radical (unpaired) electrons. The number of benzene rings is 1. The Morgan fingerprint density at radius 3 is 1.87 bits per heavy atom. The summed E-state index contributed by atoms with van der Waals surface area (Å²) in [6.07, 6.45) is 1.94. The minimum Gasteiger partial charge on any atom is -0.480 e. The molecule has 12 heteroatoms. The van der Waals surface area contributed by atoms with Gasteiger partial charge in [0.15, 0.2) is 0 Å². The molecule has 0 aliphatic rings. The second kappa shape index (κ2) is 14.3. The Morgan fingerprint density at radius 2 is 1.36 bits per heavy atom. The number of aliphatic carboxylic acids is 1. The SMILES string of the molecule is CC(C)CC(NC(=O)C(N)Cc1c[nH]c2ccccc12)C(=O)NC(CC(C)C)C(=O)NC(CC(N)=O)C(=O)O. The minimum atomic E-state index is -1.53. The van der Waals surface area contributed by atoms with Crippen molar-refractivity contribution in [1.82, 2.24) is 20.9 Å². The van der Waals surface area contributed by atoms with Crippen molar-refractivity contribution in [2.45, 2.75) is 77.5 Å². The van der Waals surface area contributed by atoms with Crippen molar-refractivity contribution in [2.75, 3.05) is 0 Å². The summed E-state index contributed by atoms with van der Waals surface area (Å²) in [5.41, 5.74) is 13.1. The lowest BCUT2D eigenvalue weighted by molar-refractivity contribution is -0.144. The van der Waals surface area contributed by atoms with E-state index in [1.165, 1.54) is 0 Å². The molecule has 0 aliphatic carbocycles. The first kappa shape index (κ1) is 31.3. The lowest BCUT2D eigenvalue weighted by Crippen LogP contribution is -2.58. The summed E-state index contributed by atoms with van der Waals surface area (Å²) in [7, 11) is 0. The highest BCUT2D eigenvalue weighted by atomic mass is 16.4. The Bertz CT molecular complexity index is 1180. The largest absolute Gasteiger partial charge is 0.480 e. The molecule has 0 spiro atoms. The number of primary amides is 1. The van der Waals surface area contributed by atoms with E-state index in [2.05, 4.69) is 20.9 Å². The summed E-state index contributed by atoms with van der Waals surface area (Å²) in [4.78, 5) is 65.0. The number of nitrogens with one attached hydrogen (secondary N) is 4. The molecule has 9 N–H and O–H groups in total. The standard InChI is InChI=1S/C27H40N6O6/c1-14(2)9-20(31-24(35)18(28)11-16-13-30-19-8-6-5-7-17(16)19)25(36)32-21(10-15(3)4)26(37)33-22(27(38)39)12-23(29)34/h5-8,13-15,18,20-22,30H,9-12,28H2,1-4H3,(H2,29,34)(H,31,35)(H,32,36)(H,33,37)(H,38,39). The molecular weight excluding hydrogens is 504 g/mol. The number of carbonyl (C=O) groups is 5. The zero-order valence-electron chi connectivity index (χ0n) is 22.8. The summed E-state index contributed by atoms with van der Waals surface area (Å²) >= 11 is 0. The zero-order valence-corrected chi connectivity index (χ0v) is 22.8. The Labute approximate surface area is 227 Å². The van der Waals surface area contributed by atoms with Crippen molar-refractivity contribution in [3.05, 3.63) is 36.0 Å². The van der Waals surface area contributed by atoms with Gasteiger partial charge in [0, 0.05) is 17.1 Å². The number of para-hydroxylation sites is 1. The number of carboxylic acid groups (broad SMARTS) is 1. The fraction of sp³-hybridized carbons (Fsp3) is 0.519. The molecule has 4 atom stereocenters. The summed E-state index contributed by atoms with van der Waals surface area (Å²) in [6, 6.07) is 3.11. The van der Waals surface area contributed by atoms with Crippen LogP contribution in [0.1, 0.15) is 52.5 Å². The van der Waals surface area contributed by atoms with E-state index in [-0.39, 0.29) is 31.1 Å². The molecule has 1 heterocycles. The van der Waals surface area contributed by atoms with Gasteiger partial charge in [0.2, 0.25) is 23.6 Å². The predicted octanol–water partition coefficient (Wildman–Crippen LogP) is 0.544. The van der Waals surface area contributed by atoms with Crippen LogP contribution < -0.4 is 27.4 Å². The van der Waals surface area contributed by atoms with Crippen molar-refractivity contribution in [1.29, 1.82) is 0 Å². The number of rotatable bonds is 15. The number of amides is 4. The lowest BCUT2D eigenvalue weighted by Gasteiger charge is -2.26. The first-order valence-electron chi connectivity index (χ1n) is 13.0. The Hall–Kier alpha value is -3.93. The number of aromatic nitrogens is 1. The van der Waals surface area contributed by atoms with Crippen LogP contribution in [0.3, 0.4) is 0 Å². The predicted molar refractivity (Wildman–Crippen MR) is 146 cm³/mol. The normalized spacial score (nSPS) is 14.4. The number of fused-ring (bicyclic) bond motifs is 1. The second-order valence-corrected chi connectivity index (χ2v) is 10.6. The van der Waals surface area contributed by atoms with E-state index in [1.54, 1.807) is 6.20 Å². The highest BCUT2D eigenvalue weighted by Gasteiger charge is 2.31. The first-order valence-corrected chi connectivity index (χ1v) is 13.0. The van der Waals surface area contributed by atoms with Crippen LogP contribution >= 0.6 is 0 Å². The van der Waals surface area contributed by atoms with Gasteiger partial charge in [0.25, 0.3) is 0 Å². The smallest absolute Gasteiger partial charge is 0.326 e. The summed E-state index contributed by atoms with van der Waals surface area (Å²) < 4.78 is 0. The van der Waals surface area contributed by atoms with Crippen LogP contribution in [0.4, 0.5) is 0 Å². The maximum Gasteiger partial charge on any atom is 0.326 e. The van der Waals surface area contributed by atoms with E-state index in [0.717, 1.165) is 16.5 Å². The number of carbonyl (C=O) groups excluding carboxylic acids is 4. The van der Waals surface area contributed by atoms with Gasteiger partial charge in [-0.3, -0.25) is 19.2 Å². The third kappa shape index (κ3) is 9.71. The maximum atomic E-state index is 13.3. The molecule has 0 fully saturated rings. The number of aromatic amines is 1. The molecule has 0 bridgehead atoms. The van der Waals surface area contributed by atoms with Gasteiger partial charge in [-0.15, -0.1) is 0 Å². The van der Waals surface area contributed by atoms with Gasteiger partial charge in [0.05, 0.1) is 12.5 Å². The summed E-state index contributed by atoms with van der Waals surface area (Å²) in [6.45, 7) is 7.44. The molecule has 2 rings (SSSR count). The van der Waals surface area contributed by atoms with Crippen molar-refractivity contribution in [2.24, 2.45) is 23.3 Å². The van der Waals surface area contributed by atoms with Crippen LogP contribution in [0.15, 0.2) is 30.5 Å². The van der Waals surface area contributed by atoms with E-state index in [1.807, 2.05) is 52.0 Å². The van der Waals surface area contributed by atoms with E-state index in [9.17, 15) is 29.1 Å². The highest BCUT2D eigenvalue weighted by Crippen LogP contribution is 2.19. The number of carboxylic acids is 1. The summed E-state index contributed by atoms with van der Waals surface area (Å²) in [5, 5.41) is 17.9. The van der Waals surface area contributed by atoms with Gasteiger partial charge in [-0.2, -0.15) is 0 Å². The Kier molecular flexibility index (Phi) is 11.5. The monoisotopic (exact) mass is 544 g/mol. The van der Waals surface area contributed by atoms with Crippen molar-refractivity contribution in [3.8, 4) is 0 Å². The zero-order chi connectivity index (χ0) is 29.3. The molecule has 1 aromatic heterocycles. The van der Waals surface area contributed by atoms with E-state index in [4.69, 9.17) is 11.5 Å². The van der Waals surface area contributed by atoms with Crippen LogP contribution in [-0.2, 0) is 30.4 Å².